The van der Waals surface area contributed by atoms with Gasteiger partial charge in [-0.15, -0.1) is 0 Å². The van der Waals surface area contributed by atoms with Crippen molar-refractivity contribution in [2.24, 2.45) is 0 Å². The lowest BCUT2D eigenvalue weighted by atomic mass is 10.2. The smallest absolute Gasteiger partial charge is 0.261 e. The number of rotatable bonds is 8. The number of anilines is 2. The van der Waals surface area contributed by atoms with Crippen molar-refractivity contribution in [3.8, 4) is 5.75 Å². The lowest BCUT2D eigenvalue weighted by Crippen LogP contribution is -2.14. The van der Waals surface area contributed by atoms with Crippen molar-refractivity contribution in [1.82, 2.24) is 0 Å². The molecule has 7 heteroatoms. The molecule has 0 bridgehead atoms. The predicted octanol–water partition coefficient (Wildman–Crippen LogP) is 4.69. The third kappa shape index (κ3) is 5.71. The lowest BCUT2D eigenvalue weighted by Gasteiger charge is -2.10. The fourth-order valence-electron chi connectivity index (χ4n) is 2.57. The van der Waals surface area contributed by atoms with Crippen LogP contribution in [-0.4, -0.2) is 20.9 Å². The fourth-order valence-corrected chi connectivity index (χ4v) is 3.63. The summed E-state index contributed by atoms with van der Waals surface area (Å²) < 4.78 is 33.0. The molecule has 0 aliphatic carbocycles. The zero-order valence-electron chi connectivity index (χ0n) is 16.5. The van der Waals surface area contributed by atoms with E-state index in [1.807, 2.05) is 6.92 Å². The summed E-state index contributed by atoms with van der Waals surface area (Å²) in [6.45, 7) is 6.01. The summed E-state index contributed by atoms with van der Waals surface area (Å²) in [5.74, 6) is 0.243. The SMILES string of the molecule is C=C(C)COc1cccc(C(=O)Nc2ccc(S(=O)(=O)Nc3ccccc3)cc2)c1. The number of sulfonamides is 1. The van der Waals surface area contributed by atoms with E-state index in [9.17, 15) is 13.2 Å². The number of para-hydroxylation sites is 1. The maximum absolute atomic E-state index is 12.5. The summed E-state index contributed by atoms with van der Waals surface area (Å²) in [5.41, 5.74) is 2.26. The molecule has 0 unspecified atom stereocenters. The molecule has 0 saturated carbocycles. The van der Waals surface area contributed by atoms with Crippen molar-refractivity contribution in [1.29, 1.82) is 0 Å². The van der Waals surface area contributed by atoms with E-state index in [0.29, 0.717) is 29.3 Å². The van der Waals surface area contributed by atoms with Gasteiger partial charge < -0.3 is 10.1 Å². The number of hydrogen-bond acceptors (Lipinski definition) is 4. The number of benzene rings is 3. The molecule has 0 aliphatic rings. The molecule has 154 valence electrons. The molecule has 2 N–H and O–H groups in total. The quantitative estimate of drug-likeness (QED) is 0.516. The standard InChI is InChI=1S/C23H22N2O4S/c1-17(2)16-29-21-10-6-7-18(15-21)23(26)24-19-11-13-22(14-12-19)30(27,28)25-20-8-4-3-5-9-20/h3-15,25H,1,16H2,2H3,(H,24,26). The molecule has 0 fully saturated rings. The molecule has 30 heavy (non-hydrogen) atoms. The molecule has 3 aromatic rings. The van der Waals surface area contributed by atoms with Crippen LogP contribution in [-0.2, 0) is 10.0 Å². The second-order valence-electron chi connectivity index (χ2n) is 6.72. The summed E-state index contributed by atoms with van der Waals surface area (Å²) in [6, 6.07) is 21.4. The number of amides is 1. The van der Waals surface area contributed by atoms with Gasteiger partial charge in [0.2, 0.25) is 0 Å². The van der Waals surface area contributed by atoms with Crippen LogP contribution in [0.25, 0.3) is 0 Å². The van der Waals surface area contributed by atoms with E-state index in [4.69, 9.17) is 4.74 Å². The minimum Gasteiger partial charge on any atom is -0.489 e. The Bertz CT molecular complexity index is 1140. The predicted molar refractivity (Wildman–Crippen MR) is 118 cm³/mol. The Balaban J connectivity index is 1.67. The van der Waals surface area contributed by atoms with Gasteiger partial charge in [0, 0.05) is 16.9 Å². The maximum atomic E-state index is 12.5. The topological polar surface area (TPSA) is 84.5 Å². The summed E-state index contributed by atoms with van der Waals surface area (Å²) in [4.78, 5) is 12.6. The average Bonchev–Trinajstić information content (AvgIpc) is 2.73. The minimum atomic E-state index is -3.72. The first-order chi connectivity index (χ1) is 14.3. The highest BCUT2D eigenvalue weighted by atomic mass is 32.2. The molecular formula is C23H22N2O4S. The van der Waals surface area contributed by atoms with Gasteiger partial charge >= 0.3 is 0 Å². The third-order valence-corrected chi connectivity index (χ3v) is 5.43. The van der Waals surface area contributed by atoms with Gasteiger partial charge in [0.05, 0.1) is 4.90 Å². The zero-order chi connectivity index (χ0) is 21.6. The van der Waals surface area contributed by atoms with Gasteiger partial charge in [-0.2, -0.15) is 0 Å². The second-order valence-corrected chi connectivity index (χ2v) is 8.41. The number of carbonyl (C=O) groups excluding carboxylic acids is 1. The van der Waals surface area contributed by atoms with Crippen molar-refractivity contribution in [3.63, 3.8) is 0 Å². The van der Waals surface area contributed by atoms with Crippen LogP contribution in [0.2, 0.25) is 0 Å². The average molecular weight is 423 g/mol. The third-order valence-electron chi connectivity index (χ3n) is 4.03. The van der Waals surface area contributed by atoms with E-state index in [1.165, 1.54) is 12.1 Å². The minimum absolute atomic E-state index is 0.0968. The van der Waals surface area contributed by atoms with Crippen LogP contribution in [0.4, 0.5) is 11.4 Å². The van der Waals surface area contributed by atoms with Crippen LogP contribution in [0.1, 0.15) is 17.3 Å². The highest BCUT2D eigenvalue weighted by molar-refractivity contribution is 7.92. The molecule has 0 radical (unpaired) electrons. The van der Waals surface area contributed by atoms with E-state index >= 15 is 0 Å². The van der Waals surface area contributed by atoms with Gasteiger partial charge in [-0.1, -0.05) is 30.8 Å². The number of carbonyl (C=O) groups is 1. The van der Waals surface area contributed by atoms with Crippen LogP contribution in [0, 0.1) is 0 Å². The largest absolute Gasteiger partial charge is 0.489 e. The Kier molecular flexibility index (Phi) is 6.54. The van der Waals surface area contributed by atoms with E-state index in [2.05, 4.69) is 16.6 Å². The highest BCUT2D eigenvalue weighted by Crippen LogP contribution is 2.20. The normalized spacial score (nSPS) is 10.8. The number of ether oxygens (including phenoxy) is 1. The molecule has 3 aromatic carbocycles. The molecule has 0 spiro atoms. The second kappa shape index (κ2) is 9.28. The Morgan fingerprint density at radius 3 is 2.30 bits per heavy atom. The Morgan fingerprint density at radius 2 is 1.63 bits per heavy atom. The number of nitrogens with one attached hydrogen (secondary N) is 2. The Hall–Kier alpha value is -3.58. The molecule has 0 saturated heterocycles. The zero-order valence-corrected chi connectivity index (χ0v) is 17.3. The van der Waals surface area contributed by atoms with Gasteiger partial charge in [0.1, 0.15) is 12.4 Å². The van der Waals surface area contributed by atoms with Gasteiger partial charge in [0.25, 0.3) is 15.9 Å². The van der Waals surface area contributed by atoms with Gasteiger partial charge in [-0.25, -0.2) is 8.42 Å². The number of hydrogen-bond donors (Lipinski definition) is 2. The summed E-state index contributed by atoms with van der Waals surface area (Å²) in [5, 5.41) is 2.75. The van der Waals surface area contributed by atoms with Crippen molar-refractivity contribution in [3.05, 3.63) is 96.6 Å². The van der Waals surface area contributed by atoms with E-state index in [1.54, 1.807) is 66.7 Å². The first-order valence-corrected chi connectivity index (χ1v) is 10.7. The van der Waals surface area contributed by atoms with Crippen LogP contribution < -0.4 is 14.8 Å². The maximum Gasteiger partial charge on any atom is 0.261 e. The first-order valence-electron chi connectivity index (χ1n) is 9.20. The summed E-state index contributed by atoms with van der Waals surface area (Å²) in [6.07, 6.45) is 0. The Labute approximate surface area is 176 Å². The van der Waals surface area contributed by atoms with Crippen molar-refractivity contribution in [2.75, 3.05) is 16.6 Å². The van der Waals surface area contributed by atoms with Crippen LogP contribution in [0.3, 0.4) is 0 Å². The fraction of sp³-hybridized carbons (Fsp3) is 0.0870. The molecule has 3 rings (SSSR count). The van der Waals surface area contributed by atoms with E-state index in [-0.39, 0.29) is 10.8 Å². The first kappa shape index (κ1) is 21.1. The van der Waals surface area contributed by atoms with Crippen LogP contribution in [0.5, 0.6) is 5.75 Å². The molecule has 1 amide bonds. The highest BCUT2D eigenvalue weighted by Gasteiger charge is 2.14. The van der Waals surface area contributed by atoms with Crippen molar-refractivity contribution >= 4 is 27.3 Å². The van der Waals surface area contributed by atoms with E-state index in [0.717, 1.165) is 5.57 Å². The molecule has 0 aromatic heterocycles. The molecule has 0 atom stereocenters. The van der Waals surface area contributed by atoms with Crippen LogP contribution >= 0.6 is 0 Å². The molecule has 0 heterocycles. The van der Waals surface area contributed by atoms with Crippen LogP contribution in [0.15, 0.2) is 95.9 Å². The monoisotopic (exact) mass is 422 g/mol. The summed E-state index contributed by atoms with van der Waals surface area (Å²) >= 11 is 0. The van der Waals surface area contributed by atoms with Gasteiger partial charge in [-0.3, -0.25) is 9.52 Å². The molecule has 0 aliphatic heterocycles. The van der Waals surface area contributed by atoms with Gasteiger partial charge in [0.15, 0.2) is 0 Å². The van der Waals surface area contributed by atoms with Crippen molar-refractivity contribution in [2.45, 2.75) is 11.8 Å². The Morgan fingerprint density at radius 1 is 0.933 bits per heavy atom. The lowest BCUT2D eigenvalue weighted by molar-refractivity contribution is 0.102. The van der Waals surface area contributed by atoms with Gasteiger partial charge in [-0.05, 0) is 67.1 Å². The van der Waals surface area contributed by atoms with Crippen molar-refractivity contribution < 1.29 is 17.9 Å². The molecule has 6 nitrogen and oxygen atoms in total. The van der Waals surface area contributed by atoms with E-state index < -0.39 is 10.0 Å². The molecular weight excluding hydrogens is 400 g/mol. The summed E-state index contributed by atoms with van der Waals surface area (Å²) in [7, 11) is -3.72.